The van der Waals surface area contributed by atoms with E-state index in [0.717, 1.165) is 56.4 Å². The molecule has 0 bridgehead atoms. The Bertz CT molecular complexity index is 1230. The van der Waals surface area contributed by atoms with Gasteiger partial charge < -0.3 is 29.8 Å². The minimum absolute atomic E-state index is 0.181. The van der Waals surface area contributed by atoms with Gasteiger partial charge in [0, 0.05) is 34.3 Å². The van der Waals surface area contributed by atoms with Crippen LogP contribution in [-0.4, -0.2) is 56.4 Å². The molecule has 0 radical (unpaired) electrons. The van der Waals surface area contributed by atoms with Gasteiger partial charge in [-0.25, -0.2) is 9.97 Å². The van der Waals surface area contributed by atoms with Gasteiger partial charge in [0.05, 0.1) is 5.52 Å². The lowest BCUT2D eigenvalue weighted by Gasteiger charge is -2.32. The molecule has 3 N–H and O–H groups in total. The van der Waals surface area contributed by atoms with Crippen molar-refractivity contribution in [3.8, 4) is 11.5 Å². The summed E-state index contributed by atoms with van der Waals surface area (Å²) in [7, 11) is 0. The molecule has 1 aromatic carbocycles. The predicted octanol–water partition coefficient (Wildman–Crippen LogP) is 3.51. The number of pyridine rings is 1. The normalized spacial score (nSPS) is 16.9. The van der Waals surface area contributed by atoms with Gasteiger partial charge in [-0.05, 0) is 72.9 Å². The number of nitrogens with two attached hydrogens (primary N) is 1. The third-order valence-corrected chi connectivity index (χ3v) is 8.64. The molecule has 11 heteroatoms. The molecular formula is C23H26IN5O4S. The highest BCUT2D eigenvalue weighted by Gasteiger charge is 2.26. The summed E-state index contributed by atoms with van der Waals surface area (Å²) >= 11 is 3.89. The maximum absolute atomic E-state index is 12.1. The van der Waals surface area contributed by atoms with Gasteiger partial charge in [-0.2, -0.15) is 0 Å². The Morgan fingerprint density at radius 3 is 2.79 bits per heavy atom. The number of ether oxygens (including phenoxy) is 2. The van der Waals surface area contributed by atoms with Crippen LogP contribution in [0.25, 0.3) is 11.0 Å². The zero-order valence-corrected chi connectivity index (χ0v) is 21.7. The van der Waals surface area contributed by atoms with Crippen LogP contribution < -0.4 is 15.2 Å². The van der Waals surface area contributed by atoms with E-state index in [4.69, 9.17) is 20.2 Å². The van der Waals surface area contributed by atoms with Crippen LogP contribution >= 0.6 is 34.4 Å². The number of benzene rings is 1. The van der Waals surface area contributed by atoms with Crippen LogP contribution in [0.5, 0.6) is 11.5 Å². The van der Waals surface area contributed by atoms with Crippen molar-refractivity contribution in [2.75, 3.05) is 25.6 Å². The van der Waals surface area contributed by atoms with Gasteiger partial charge in [-0.15, -0.1) is 0 Å². The van der Waals surface area contributed by atoms with E-state index < -0.39 is 6.10 Å². The van der Waals surface area contributed by atoms with Crippen molar-refractivity contribution < 1.29 is 19.4 Å². The minimum atomic E-state index is -0.938. The Labute approximate surface area is 215 Å². The molecule has 2 aliphatic heterocycles. The monoisotopic (exact) mass is 592 g/mol. The molecule has 0 saturated carbocycles. The zero-order valence-electron chi connectivity index (χ0n) is 18.7. The Hall–Kier alpha value is -2.25. The first-order chi connectivity index (χ1) is 16.4. The second-order valence-electron chi connectivity index (χ2n) is 8.58. The van der Waals surface area contributed by atoms with Gasteiger partial charge in [0.15, 0.2) is 22.5 Å². The average Bonchev–Trinajstić information content (AvgIpc) is 3.42. The number of aryl methyl sites for hydroxylation is 1. The van der Waals surface area contributed by atoms with Gasteiger partial charge in [0.25, 0.3) is 5.91 Å². The highest BCUT2D eigenvalue weighted by Crippen LogP contribution is 2.42. The van der Waals surface area contributed by atoms with Crippen LogP contribution in [0.15, 0.2) is 34.4 Å². The van der Waals surface area contributed by atoms with Crippen molar-refractivity contribution in [2.24, 2.45) is 5.92 Å². The smallest absolute Gasteiger partial charge is 0.251 e. The first kappa shape index (κ1) is 23.5. The number of nitrogen functional groups attached to an aromatic ring is 1. The van der Waals surface area contributed by atoms with E-state index in [9.17, 15) is 9.90 Å². The van der Waals surface area contributed by atoms with E-state index >= 15 is 0 Å². The molecule has 0 aliphatic carbocycles. The van der Waals surface area contributed by atoms with Gasteiger partial charge in [-0.1, -0.05) is 11.8 Å². The number of carbonyl (C=O) groups excluding carboxylic acids is 1. The fraction of sp³-hybridized carbons (Fsp3) is 0.435. The lowest BCUT2D eigenvalue weighted by molar-refractivity contribution is -0.140. The molecule has 3 aromatic rings. The van der Waals surface area contributed by atoms with E-state index in [2.05, 4.69) is 32.1 Å². The topological polar surface area (TPSA) is 116 Å². The summed E-state index contributed by atoms with van der Waals surface area (Å²) < 4.78 is 14.3. The predicted molar refractivity (Wildman–Crippen MR) is 137 cm³/mol. The number of fused-ring (bicyclic) bond motifs is 2. The zero-order chi connectivity index (χ0) is 23.8. The number of imidazole rings is 1. The van der Waals surface area contributed by atoms with Crippen LogP contribution in [0.2, 0.25) is 0 Å². The molecule has 4 heterocycles. The molecule has 0 spiro atoms. The minimum Gasteiger partial charge on any atom is -0.454 e. The van der Waals surface area contributed by atoms with Crippen molar-refractivity contribution in [2.45, 2.75) is 48.9 Å². The molecule has 1 saturated heterocycles. The number of halogens is 1. The summed E-state index contributed by atoms with van der Waals surface area (Å²) in [5, 5.41) is 10.4. The SMILES string of the molecule is C[C@H](O)C(=O)N1CCC(CCn2c(Sc3cc4c(cc3[124I])OCO4)nc3c(N)nccc32)CC1. The van der Waals surface area contributed by atoms with Crippen molar-refractivity contribution in [1.82, 2.24) is 19.4 Å². The summed E-state index contributed by atoms with van der Waals surface area (Å²) in [4.78, 5) is 23.9. The third-order valence-electron chi connectivity index (χ3n) is 6.33. The summed E-state index contributed by atoms with van der Waals surface area (Å²) in [6.45, 7) is 3.93. The number of carbonyl (C=O) groups is 1. The number of amides is 1. The molecule has 34 heavy (non-hydrogen) atoms. The number of hydrogen-bond acceptors (Lipinski definition) is 8. The van der Waals surface area contributed by atoms with Crippen LogP contribution in [0.1, 0.15) is 26.2 Å². The summed E-state index contributed by atoms with van der Waals surface area (Å²) in [5.41, 5.74) is 7.82. The number of hydrogen-bond donors (Lipinski definition) is 2. The molecule has 180 valence electrons. The molecule has 1 amide bonds. The Kier molecular flexibility index (Phi) is 6.76. The molecule has 9 nitrogen and oxygen atoms in total. The summed E-state index contributed by atoms with van der Waals surface area (Å²) in [5.74, 6) is 2.24. The van der Waals surface area contributed by atoms with E-state index in [0.29, 0.717) is 30.3 Å². The van der Waals surface area contributed by atoms with E-state index in [1.54, 1.807) is 22.9 Å². The fourth-order valence-corrected chi connectivity index (χ4v) is 6.16. The number of aromatic nitrogens is 3. The lowest BCUT2D eigenvalue weighted by atomic mass is 9.93. The molecular weight excluding hydrogens is 566 g/mol. The molecule has 0 unspecified atom stereocenters. The maximum atomic E-state index is 12.1. The Morgan fingerprint density at radius 2 is 2.06 bits per heavy atom. The van der Waals surface area contributed by atoms with Crippen LogP contribution in [-0.2, 0) is 11.3 Å². The van der Waals surface area contributed by atoms with E-state index in [-0.39, 0.29) is 12.7 Å². The molecule has 1 fully saturated rings. The first-order valence-corrected chi connectivity index (χ1v) is 13.1. The fourth-order valence-electron chi connectivity index (χ4n) is 4.44. The number of nitrogens with zero attached hydrogens (tertiary/aromatic N) is 4. The number of aliphatic hydroxyl groups excluding tert-OH is 1. The van der Waals surface area contributed by atoms with E-state index in [1.165, 1.54) is 6.92 Å². The maximum Gasteiger partial charge on any atom is 0.251 e. The van der Waals surface area contributed by atoms with Gasteiger partial charge in [0.2, 0.25) is 6.79 Å². The highest BCUT2D eigenvalue weighted by molar-refractivity contribution is 14.1. The van der Waals surface area contributed by atoms with Crippen molar-refractivity contribution in [1.29, 1.82) is 0 Å². The number of likely N-dealkylation sites (tertiary alicyclic amines) is 1. The lowest BCUT2D eigenvalue weighted by Crippen LogP contribution is -2.43. The first-order valence-electron chi connectivity index (χ1n) is 11.2. The van der Waals surface area contributed by atoms with Gasteiger partial charge in [0.1, 0.15) is 11.6 Å². The molecule has 2 aromatic heterocycles. The summed E-state index contributed by atoms with van der Waals surface area (Å²) in [6.07, 6.45) is 3.60. The van der Waals surface area contributed by atoms with Crippen LogP contribution in [0.4, 0.5) is 5.82 Å². The standard InChI is InChI=1S/C23H26IN5O4S/c1-13(30)22(31)28-7-3-14(4-8-28)5-9-29-16-2-6-26-21(25)20(16)27-23(29)34-19-11-18-17(10-15(19)24)32-12-33-18/h2,6,10-11,13-14,30H,3-5,7-9,12H2,1H3,(H2,25,26)/t13-/m0/s1/i24-3. The second kappa shape index (κ2) is 9.78. The second-order valence-corrected chi connectivity index (χ2v) is 10.8. The summed E-state index contributed by atoms with van der Waals surface area (Å²) in [6, 6.07) is 5.93. The third kappa shape index (κ3) is 4.65. The highest BCUT2D eigenvalue weighted by atomic mass is 124. The van der Waals surface area contributed by atoms with Crippen LogP contribution in [0.3, 0.4) is 0 Å². The van der Waals surface area contributed by atoms with E-state index in [1.807, 2.05) is 18.2 Å². The van der Waals surface area contributed by atoms with Crippen molar-refractivity contribution >= 4 is 57.1 Å². The number of rotatable bonds is 6. The Balaban J connectivity index is 1.36. The van der Waals surface area contributed by atoms with Gasteiger partial charge >= 0.3 is 0 Å². The molecule has 1 atom stereocenters. The Morgan fingerprint density at radius 1 is 1.32 bits per heavy atom. The van der Waals surface area contributed by atoms with Gasteiger partial charge in [-0.3, -0.25) is 4.79 Å². The van der Waals surface area contributed by atoms with Crippen LogP contribution in [0, 0.1) is 9.49 Å². The quantitative estimate of drug-likeness (QED) is 0.418. The number of anilines is 1. The van der Waals surface area contributed by atoms with Crippen molar-refractivity contribution in [3.05, 3.63) is 28.0 Å². The number of aliphatic hydroxyl groups is 1. The van der Waals surface area contributed by atoms with Crippen molar-refractivity contribution in [3.63, 3.8) is 0 Å². The molecule has 5 rings (SSSR count). The largest absolute Gasteiger partial charge is 0.454 e. The molecule has 2 aliphatic rings. The average molecular weight is 592 g/mol. The number of piperidine rings is 1.